The first-order chi connectivity index (χ1) is 10.2. The Morgan fingerprint density at radius 3 is 2.71 bits per heavy atom. The summed E-state index contributed by atoms with van der Waals surface area (Å²) in [7, 11) is 0. The molecule has 1 aliphatic rings. The molecule has 1 heterocycles. The first-order valence-electron chi connectivity index (χ1n) is 7.68. The van der Waals surface area contributed by atoms with E-state index in [9.17, 15) is 0 Å². The van der Waals surface area contributed by atoms with E-state index in [2.05, 4.69) is 53.0 Å². The average molecular weight is 301 g/mol. The molecule has 0 saturated heterocycles. The molecular formula is C17H23N3S. The highest BCUT2D eigenvalue weighted by Gasteiger charge is 2.24. The predicted molar refractivity (Wildman–Crippen MR) is 88.5 cm³/mol. The Bertz CT molecular complexity index is 570. The molecule has 1 N–H and O–H groups in total. The largest absolute Gasteiger partial charge is 0.331 e. The molecule has 2 aromatic rings. The van der Waals surface area contributed by atoms with Gasteiger partial charge in [0.2, 0.25) is 0 Å². The third-order valence-electron chi connectivity index (χ3n) is 3.71. The number of nitrogens with zero attached hydrogens (tertiary/aromatic N) is 2. The van der Waals surface area contributed by atoms with E-state index in [1.54, 1.807) is 0 Å². The Labute approximate surface area is 131 Å². The van der Waals surface area contributed by atoms with Crippen molar-refractivity contribution in [3.63, 3.8) is 0 Å². The van der Waals surface area contributed by atoms with Crippen molar-refractivity contribution in [2.45, 2.75) is 56.0 Å². The summed E-state index contributed by atoms with van der Waals surface area (Å²) in [4.78, 5) is 5.62. The number of thioether (sulfide) groups is 1. The van der Waals surface area contributed by atoms with E-state index in [-0.39, 0.29) is 0 Å². The van der Waals surface area contributed by atoms with E-state index in [4.69, 9.17) is 0 Å². The number of hydrogen-bond donors (Lipinski definition) is 1. The molecule has 0 aliphatic heterocycles. The maximum absolute atomic E-state index is 4.29. The number of benzene rings is 1. The van der Waals surface area contributed by atoms with Crippen molar-refractivity contribution in [2.75, 3.05) is 0 Å². The van der Waals surface area contributed by atoms with Gasteiger partial charge < -0.3 is 9.88 Å². The summed E-state index contributed by atoms with van der Waals surface area (Å²) in [5.41, 5.74) is 2.68. The highest BCUT2D eigenvalue weighted by molar-refractivity contribution is 7.98. The first-order valence-corrected chi connectivity index (χ1v) is 8.67. The van der Waals surface area contributed by atoms with Crippen molar-refractivity contribution in [1.29, 1.82) is 0 Å². The highest BCUT2D eigenvalue weighted by Crippen LogP contribution is 2.36. The molecule has 0 spiro atoms. The summed E-state index contributed by atoms with van der Waals surface area (Å²) >= 11 is 1.89. The van der Waals surface area contributed by atoms with E-state index >= 15 is 0 Å². The fourth-order valence-electron chi connectivity index (χ4n) is 2.31. The van der Waals surface area contributed by atoms with Crippen molar-refractivity contribution in [3.8, 4) is 0 Å². The maximum atomic E-state index is 4.29. The molecule has 3 nitrogen and oxygen atoms in total. The van der Waals surface area contributed by atoms with Crippen molar-refractivity contribution in [2.24, 2.45) is 0 Å². The van der Waals surface area contributed by atoms with Gasteiger partial charge in [-0.25, -0.2) is 4.98 Å². The molecule has 0 amide bonds. The molecule has 4 heteroatoms. The van der Waals surface area contributed by atoms with Gasteiger partial charge >= 0.3 is 0 Å². The van der Waals surface area contributed by atoms with E-state index in [1.807, 2.05) is 24.3 Å². The smallest absolute Gasteiger partial charge is 0.0951 e. The Kier molecular flexibility index (Phi) is 4.66. The minimum atomic E-state index is 0.529. The lowest BCUT2D eigenvalue weighted by Gasteiger charge is -2.09. The maximum Gasteiger partial charge on any atom is 0.0951 e. The Hall–Kier alpha value is -1.26. The molecule has 0 atom stereocenters. The first kappa shape index (κ1) is 14.7. The van der Waals surface area contributed by atoms with Gasteiger partial charge in [0, 0.05) is 41.2 Å². The number of imidazole rings is 1. The monoisotopic (exact) mass is 301 g/mol. The molecule has 0 bridgehead atoms. The fraction of sp³-hybridized carbons (Fsp3) is 0.471. The summed E-state index contributed by atoms with van der Waals surface area (Å²) in [6.07, 6.45) is 6.61. The van der Waals surface area contributed by atoms with Crippen LogP contribution in [0.5, 0.6) is 0 Å². The van der Waals surface area contributed by atoms with Crippen LogP contribution in [0.2, 0.25) is 0 Å². The number of rotatable bonds is 7. The standard InChI is InChI=1S/C17H23N3S/c1-13(2)19-9-14-3-7-17(8-4-14)21-11-16-10-18-12-20(16)15-5-6-15/h3-4,7-8,10,12-13,15,19H,5-6,9,11H2,1-2H3. The zero-order valence-corrected chi connectivity index (χ0v) is 13.6. The predicted octanol–water partition coefficient (Wildman–Crippen LogP) is 4.01. The van der Waals surface area contributed by atoms with Crippen LogP contribution in [0.15, 0.2) is 41.7 Å². The number of aromatic nitrogens is 2. The minimum Gasteiger partial charge on any atom is -0.331 e. The van der Waals surface area contributed by atoms with Crippen LogP contribution < -0.4 is 5.32 Å². The Morgan fingerprint density at radius 2 is 2.05 bits per heavy atom. The molecule has 21 heavy (non-hydrogen) atoms. The van der Waals surface area contributed by atoms with Crippen molar-refractivity contribution < 1.29 is 0 Å². The lowest BCUT2D eigenvalue weighted by molar-refractivity contribution is 0.588. The molecule has 0 radical (unpaired) electrons. The lowest BCUT2D eigenvalue weighted by atomic mass is 10.2. The van der Waals surface area contributed by atoms with E-state index in [0.29, 0.717) is 12.1 Å². The highest BCUT2D eigenvalue weighted by atomic mass is 32.2. The second-order valence-corrected chi connectivity index (χ2v) is 7.04. The van der Waals surface area contributed by atoms with Gasteiger partial charge in [-0.1, -0.05) is 26.0 Å². The van der Waals surface area contributed by atoms with Gasteiger partial charge in [0.1, 0.15) is 0 Å². The second kappa shape index (κ2) is 6.67. The van der Waals surface area contributed by atoms with Crippen molar-refractivity contribution in [3.05, 3.63) is 48.0 Å². The Balaban J connectivity index is 1.54. The third-order valence-corrected chi connectivity index (χ3v) is 4.76. The number of hydrogen-bond acceptors (Lipinski definition) is 3. The van der Waals surface area contributed by atoms with Crippen LogP contribution in [0.3, 0.4) is 0 Å². The summed E-state index contributed by atoms with van der Waals surface area (Å²) in [6.45, 7) is 5.29. The Morgan fingerprint density at radius 1 is 1.29 bits per heavy atom. The SMILES string of the molecule is CC(C)NCc1ccc(SCc2cncn2C2CC2)cc1. The average Bonchev–Trinajstić information content (AvgIpc) is 3.23. The zero-order chi connectivity index (χ0) is 14.7. The molecule has 3 rings (SSSR count). The van der Waals surface area contributed by atoms with Crippen LogP contribution in [0, 0.1) is 0 Å². The summed E-state index contributed by atoms with van der Waals surface area (Å²) in [5.74, 6) is 1.00. The quantitative estimate of drug-likeness (QED) is 0.784. The molecule has 1 fully saturated rings. The van der Waals surface area contributed by atoms with Crippen molar-refractivity contribution >= 4 is 11.8 Å². The van der Waals surface area contributed by atoms with Crippen LogP contribution in [0.4, 0.5) is 0 Å². The molecular weight excluding hydrogens is 278 g/mol. The minimum absolute atomic E-state index is 0.529. The molecule has 1 aliphatic carbocycles. The zero-order valence-electron chi connectivity index (χ0n) is 12.7. The molecule has 1 aromatic carbocycles. The van der Waals surface area contributed by atoms with E-state index < -0.39 is 0 Å². The van der Waals surface area contributed by atoms with Crippen LogP contribution in [0.1, 0.15) is 44.0 Å². The van der Waals surface area contributed by atoms with Crippen LogP contribution in [-0.4, -0.2) is 15.6 Å². The van der Waals surface area contributed by atoms with Gasteiger partial charge in [0.25, 0.3) is 0 Å². The normalized spacial score (nSPS) is 14.8. The van der Waals surface area contributed by atoms with Gasteiger partial charge in [-0.3, -0.25) is 0 Å². The van der Waals surface area contributed by atoms with Crippen molar-refractivity contribution in [1.82, 2.24) is 14.9 Å². The third kappa shape index (κ3) is 4.11. The molecule has 1 saturated carbocycles. The van der Waals surface area contributed by atoms with Crippen LogP contribution in [0.25, 0.3) is 0 Å². The van der Waals surface area contributed by atoms with E-state index in [1.165, 1.54) is 29.0 Å². The van der Waals surface area contributed by atoms with Crippen LogP contribution >= 0.6 is 11.8 Å². The molecule has 112 valence electrons. The number of nitrogens with one attached hydrogen (secondary N) is 1. The van der Waals surface area contributed by atoms with E-state index in [0.717, 1.165) is 12.3 Å². The summed E-state index contributed by atoms with van der Waals surface area (Å²) in [5, 5.41) is 3.44. The van der Waals surface area contributed by atoms with Crippen LogP contribution in [-0.2, 0) is 12.3 Å². The van der Waals surface area contributed by atoms with Gasteiger partial charge in [0.05, 0.1) is 6.33 Å². The van der Waals surface area contributed by atoms with Gasteiger partial charge in [-0.05, 0) is 30.5 Å². The van der Waals surface area contributed by atoms with Gasteiger partial charge in [-0.2, -0.15) is 0 Å². The lowest BCUT2D eigenvalue weighted by Crippen LogP contribution is -2.21. The summed E-state index contributed by atoms with van der Waals surface area (Å²) in [6, 6.07) is 10.1. The molecule has 1 aromatic heterocycles. The van der Waals surface area contributed by atoms with Gasteiger partial charge in [-0.15, -0.1) is 11.8 Å². The summed E-state index contributed by atoms with van der Waals surface area (Å²) < 4.78 is 2.34. The fourth-order valence-corrected chi connectivity index (χ4v) is 3.17. The van der Waals surface area contributed by atoms with Gasteiger partial charge in [0.15, 0.2) is 0 Å². The topological polar surface area (TPSA) is 29.9 Å². The second-order valence-electron chi connectivity index (χ2n) is 5.99. The molecule has 0 unspecified atom stereocenters.